The van der Waals surface area contributed by atoms with E-state index in [1.54, 1.807) is 41.5 Å². The van der Waals surface area contributed by atoms with E-state index in [1.165, 1.54) is 0 Å². The molecule has 0 bridgehead atoms. The first-order valence-corrected chi connectivity index (χ1v) is 7.36. The zero-order valence-corrected chi connectivity index (χ0v) is 14.6. The van der Waals surface area contributed by atoms with Crippen molar-refractivity contribution in [2.75, 3.05) is 6.61 Å². The molecule has 1 aliphatic rings. The van der Waals surface area contributed by atoms with Crippen LogP contribution < -0.4 is 0 Å². The molecule has 1 N–H and O–H groups in total. The summed E-state index contributed by atoms with van der Waals surface area (Å²) in [6, 6.07) is 0. The van der Waals surface area contributed by atoms with E-state index >= 15 is 0 Å². The third-order valence-corrected chi connectivity index (χ3v) is 2.96. The number of esters is 2. The highest BCUT2D eigenvalue weighted by atomic mass is 16.6. The first-order chi connectivity index (χ1) is 9.75. The normalized spacial score (nSPS) is 21.5. The summed E-state index contributed by atoms with van der Waals surface area (Å²) in [6.07, 6.45) is 0.370. The smallest absolute Gasteiger partial charge is 0.311 e. The van der Waals surface area contributed by atoms with Gasteiger partial charge in [0.05, 0.1) is 16.7 Å². The highest BCUT2D eigenvalue weighted by Gasteiger charge is 2.33. The highest BCUT2D eigenvalue weighted by Crippen LogP contribution is 2.22. The van der Waals surface area contributed by atoms with E-state index in [0.29, 0.717) is 6.42 Å². The van der Waals surface area contributed by atoms with Crippen LogP contribution in [-0.4, -0.2) is 35.7 Å². The van der Waals surface area contributed by atoms with Crippen molar-refractivity contribution in [3.8, 4) is 0 Å². The Morgan fingerprint density at radius 2 is 1.64 bits per heavy atom. The lowest BCUT2D eigenvalue weighted by Gasteiger charge is -2.18. The molecule has 1 heterocycles. The van der Waals surface area contributed by atoms with Gasteiger partial charge in [0.25, 0.3) is 0 Å². The Morgan fingerprint density at radius 3 is 1.91 bits per heavy atom. The van der Waals surface area contributed by atoms with E-state index in [1.807, 2.05) is 6.92 Å². The fraction of sp³-hybridized carbons (Fsp3) is 0.812. The van der Waals surface area contributed by atoms with Gasteiger partial charge in [-0.05, 0) is 41.5 Å². The predicted molar refractivity (Wildman–Crippen MR) is 81.2 cm³/mol. The van der Waals surface area contributed by atoms with Crippen molar-refractivity contribution in [3.63, 3.8) is 0 Å². The molecule has 1 rings (SSSR count). The molecule has 0 saturated carbocycles. The maximum absolute atomic E-state index is 11.4. The average Bonchev–Trinajstić information content (AvgIpc) is 2.64. The molecule has 6 heteroatoms. The molecule has 2 unspecified atom stereocenters. The molecular formula is C16H28O6. The van der Waals surface area contributed by atoms with Crippen LogP contribution >= 0.6 is 0 Å². The third kappa shape index (κ3) is 7.43. The summed E-state index contributed by atoms with van der Waals surface area (Å²) >= 11 is 0. The summed E-state index contributed by atoms with van der Waals surface area (Å²) in [5.41, 5.74) is -1.09. The summed E-state index contributed by atoms with van der Waals surface area (Å²) in [5, 5.41) is 8.25. The highest BCUT2D eigenvalue weighted by molar-refractivity contribution is 5.76. The summed E-state index contributed by atoms with van der Waals surface area (Å²) in [6.45, 7) is 12.3. The Balaban J connectivity index is 0.000000534. The lowest BCUT2D eigenvalue weighted by Crippen LogP contribution is -2.27. The molecular weight excluding hydrogens is 288 g/mol. The second kappa shape index (κ2) is 7.61. The average molecular weight is 316 g/mol. The monoisotopic (exact) mass is 316 g/mol. The number of carbonyl (C=O) groups is 3. The van der Waals surface area contributed by atoms with Crippen molar-refractivity contribution in [3.05, 3.63) is 0 Å². The van der Waals surface area contributed by atoms with Gasteiger partial charge in [0.2, 0.25) is 0 Å². The molecule has 0 aromatic rings. The van der Waals surface area contributed by atoms with E-state index < -0.39 is 16.8 Å². The second-order valence-corrected chi connectivity index (χ2v) is 7.60. The number of ether oxygens (including phenoxy) is 2. The molecule has 2 atom stereocenters. The minimum Gasteiger partial charge on any atom is -0.481 e. The molecule has 1 fully saturated rings. The van der Waals surface area contributed by atoms with Gasteiger partial charge in [0, 0.05) is 6.42 Å². The van der Waals surface area contributed by atoms with Gasteiger partial charge in [-0.2, -0.15) is 0 Å². The molecule has 0 aliphatic carbocycles. The largest absolute Gasteiger partial charge is 0.481 e. The van der Waals surface area contributed by atoms with Crippen LogP contribution in [0, 0.1) is 16.7 Å². The van der Waals surface area contributed by atoms with Crippen LogP contribution in [0.5, 0.6) is 0 Å². The zero-order valence-electron chi connectivity index (χ0n) is 14.6. The van der Waals surface area contributed by atoms with Crippen LogP contribution in [0.15, 0.2) is 0 Å². The predicted octanol–water partition coefficient (Wildman–Crippen LogP) is 2.64. The first kappa shape index (κ1) is 20.4. The third-order valence-electron chi connectivity index (χ3n) is 2.96. The maximum atomic E-state index is 11.4. The molecule has 22 heavy (non-hydrogen) atoms. The maximum Gasteiger partial charge on any atom is 0.311 e. The van der Waals surface area contributed by atoms with Crippen LogP contribution in [0.2, 0.25) is 0 Å². The summed E-state index contributed by atoms with van der Waals surface area (Å²) < 4.78 is 10.1. The molecule has 6 nitrogen and oxygen atoms in total. The lowest BCUT2D eigenvalue weighted by atomic mass is 9.97. The van der Waals surface area contributed by atoms with E-state index in [-0.39, 0.29) is 30.6 Å². The Kier molecular flexibility index (Phi) is 7.06. The molecule has 1 aliphatic heterocycles. The van der Waals surface area contributed by atoms with E-state index in [4.69, 9.17) is 14.6 Å². The van der Waals surface area contributed by atoms with Gasteiger partial charge in [-0.3, -0.25) is 14.4 Å². The Morgan fingerprint density at radius 1 is 1.18 bits per heavy atom. The number of carbonyl (C=O) groups excluding carboxylic acids is 2. The topological polar surface area (TPSA) is 89.9 Å². The molecule has 0 spiro atoms. The van der Waals surface area contributed by atoms with Gasteiger partial charge in [-0.15, -0.1) is 0 Å². The first-order valence-electron chi connectivity index (χ1n) is 7.36. The Hall–Kier alpha value is -1.59. The van der Waals surface area contributed by atoms with Gasteiger partial charge >= 0.3 is 17.9 Å². The van der Waals surface area contributed by atoms with Crippen LogP contribution in [-0.2, 0) is 23.9 Å². The number of aliphatic carboxylic acids is 1. The van der Waals surface area contributed by atoms with Crippen molar-refractivity contribution >= 4 is 17.9 Å². The van der Waals surface area contributed by atoms with Gasteiger partial charge < -0.3 is 14.6 Å². The van der Waals surface area contributed by atoms with Crippen molar-refractivity contribution in [2.24, 2.45) is 16.7 Å². The van der Waals surface area contributed by atoms with E-state index in [0.717, 1.165) is 0 Å². The quantitative estimate of drug-likeness (QED) is 0.788. The molecule has 0 radical (unpaired) electrons. The lowest BCUT2D eigenvalue weighted by molar-refractivity contribution is -0.159. The molecule has 0 amide bonds. The molecule has 128 valence electrons. The fourth-order valence-electron chi connectivity index (χ4n) is 1.31. The van der Waals surface area contributed by atoms with Crippen molar-refractivity contribution in [1.29, 1.82) is 0 Å². The number of carboxylic acid groups (broad SMARTS) is 1. The SMILES string of the molecule is CC(C)(C)C(=O)O.CC1CC(COC(=O)C(C)(C)C)OC1=O. The van der Waals surface area contributed by atoms with Crippen molar-refractivity contribution in [1.82, 2.24) is 0 Å². The number of rotatable bonds is 2. The van der Waals surface area contributed by atoms with Crippen molar-refractivity contribution < 1.29 is 29.0 Å². The second-order valence-electron chi connectivity index (χ2n) is 7.60. The standard InChI is InChI=1S/C11H18O4.C5H10O2/c1-7-5-8(15-9(7)12)6-14-10(13)11(2,3)4;1-5(2,3)4(6)7/h7-8H,5-6H2,1-4H3;1-3H3,(H,6,7). The fourth-order valence-corrected chi connectivity index (χ4v) is 1.31. The van der Waals surface area contributed by atoms with Gasteiger partial charge in [0.1, 0.15) is 12.7 Å². The molecule has 1 saturated heterocycles. The minimum absolute atomic E-state index is 0.0802. The molecule has 0 aromatic carbocycles. The van der Waals surface area contributed by atoms with Gasteiger partial charge in [-0.25, -0.2) is 0 Å². The molecule has 0 aromatic heterocycles. The Bertz CT molecular complexity index is 413. The van der Waals surface area contributed by atoms with Crippen LogP contribution in [0.1, 0.15) is 54.9 Å². The number of hydrogen-bond acceptors (Lipinski definition) is 5. The van der Waals surface area contributed by atoms with Crippen LogP contribution in [0.3, 0.4) is 0 Å². The van der Waals surface area contributed by atoms with Gasteiger partial charge in [-0.1, -0.05) is 6.92 Å². The van der Waals surface area contributed by atoms with Crippen LogP contribution in [0.4, 0.5) is 0 Å². The van der Waals surface area contributed by atoms with Crippen molar-refractivity contribution in [2.45, 2.75) is 61.0 Å². The van der Waals surface area contributed by atoms with E-state index in [2.05, 4.69) is 0 Å². The number of carboxylic acids is 1. The summed E-state index contributed by atoms with van der Waals surface area (Å²) in [4.78, 5) is 32.5. The zero-order chi connectivity index (χ0) is 17.7. The summed E-state index contributed by atoms with van der Waals surface area (Å²) in [7, 11) is 0. The minimum atomic E-state index is -0.757. The Labute approximate surface area is 132 Å². The number of hydrogen-bond donors (Lipinski definition) is 1. The van der Waals surface area contributed by atoms with E-state index in [9.17, 15) is 14.4 Å². The van der Waals surface area contributed by atoms with Crippen LogP contribution in [0.25, 0.3) is 0 Å². The number of cyclic esters (lactones) is 1. The summed E-state index contributed by atoms with van der Waals surface area (Å²) in [5.74, 6) is -1.30. The van der Waals surface area contributed by atoms with Gasteiger partial charge in [0.15, 0.2) is 0 Å².